The predicted molar refractivity (Wildman–Crippen MR) is 68.6 cm³/mol. The van der Waals surface area contributed by atoms with Crippen LogP contribution in [0.5, 0.6) is 0 Å². The van der Waals surface area contributed by atoms with E-state index in [1.54, 1.807) is 0 Å². The van der Waals surface area contributed by atoms with Gasteiger partial charge in [0.25, 0.3) is 0 Å². The average molecular weight is 228 g/mol. The quantitative estimate of drug-likeness (QED) is 0.720. The smallest absolute Gasteiger partial charge is 0.0667 e. The van der Waals surface area contributed by atoms with Crippen LogP contribution in [0.25, 0.3) is 0 Å². The number of aliphatic hydroxyl groups is 1. The lowest BCUT2D eigenvalue weighted by Gasteiger charge is -2.29. The summed E-state index contributed by atoms with van der Waals surface area (Å²) in [5, 5.41) is 13.1. The van der Waals surface area contributed by atoms with Crippen LogP contribution in [0.15, 0.2) is 0 Å². The van der Waals surface area contributed by atoms with Crippen LogP contribution in [-0.4, -0.2) is 49.3 Å². The SMILES string of the molecule is CC(C)CC(O)CNCC1CCN(C)CC1. The second kappa shape index (κ2) is 7.25. The van der Waals surface area contributed by atoms with Crippen LogP contribution in [0.3, 0.4) is 0 Å². The van der Waals surface area contributed by atoms with Crippen LogP contribution in [0.4, 0.5) is 0 Å². The third kappa shape index (κ3) is 5.83. The maximum atomic E-state index is 9.72. The molecule has 0 aromatic rings. The summed E-state index contributed by atoms with van der Waals surface area (Å²) in [5.41, 5.74) is 0. The first-order valence-corrected chi connectivity index (χ1v) is 6.65. The highest BCUT2D eigenvalue weighted by molar-refractivity contribution is 4.72. The molecule has 1 atom stereocenters. The molecule has 0 spiro atoms. The van der Waals surface area contributed by atoms with Crippen molar-refractivity contribution in [3.63, 3.8) is 0 Å². The van der Waals surface area contributed by atoms with E-state index < -0.39 is 0 Å². The maximum absolute atomic E-state index is 9.72. The molecule has 1 unspecified atom stereocenters. The van der Waals surface area contributed by atoms with Crippen molar-refractivity contribution in [2.75, 3.05) is 33.2 Å². The first kappa shape index (κ1) is 13.9. The molecular formula is C13H28N2O. The minimum atomic E-state index is -0.175. The number of likely N-dealkylation sites (tertiary alicyclic amines) is 1. The van der Waals surface area contributed by atoms with E-state index in [9.17, 15) is 5.11 Å². The van der Waals surface area contributed by atoms with Crippen molar-refractivity contribution in [2.45, 2.75) is 39.2 Å². The summed E-state index contributed by atoms with van der Waals surface area (Å²) in [7, 11) is 2.19. The van der Waals surface area contributed by atoms with Gasteiger partial charge >= 0.3 is 0 Å². The van der Waals surface area contributed by atoms with Crippen molar-refractivity contribution < 1.29 is 5.11 Å². The monoisotopic (exact) mass is 228 g/mol. The Morgan fingerprint density at radius 1 is 1.31 bits per heavy atom. The van der Waals surface area contributed by atoms with Crippen LogP contribution in [0, 0.1) is 11.8 Å². The largest absolute Gasteiger partial charge is 0.392 e. The maximum Gasteiger partial charge on any atom is 0.0667 e. The number of nitrogens with zero attached hydrogens (tertiary/aromatic N) is 1. The Hall–Kier alpha value is -0.120. The average Bonchev–Trinajstić information content (AvgIpc) is 2.20. The van der Waals surface area contributed by atoms with Crippen molar-refractivity contribution in [1.82, 2.24) is 10.2 Å². The van der Waals surface area contributed by atoms with Crippen molar-refractivity contribution in [2.24, 2.45) is 11.8 Å². The van der Waals surface area contributed by atoms with E-state index in [2.05, 4.69) is 31.1 Å². The fraction of sp³-hybridized carbons (Fsp3) is 1.00. The number of rotatable bonds is 6. The highest BCUT2D eigenvalue weighted by atomic mass is 16.3. The highest BCUT2D eigenvalue weighted by Gasteiger charge is 2.16. The lowest BCUT2D eigenvalue weighted by atomic mass is 9.97. The Balaban J connectivity index is 2.02. The van der Waals surface area contributed by atoms with Gasteiger partial charge in [0.05, 0.1) is 6.10 Å². The molecule has 3 heteroatoms. The number of hydrogen-bond acceptors (Lipinski definition) is 3. The van der Waals surface area contributed by atoms with Gasteiger partial charge in [0.15, 0.2) is 0 Å². The zero-order chi connectivity index (χ0) is 12.0. The molecular weight excluding hydrogens is 200 g/mol. The summed E-state index contributed by atoms with van der Waals surface area (Å²) < 4.78 is 0. The first-order chi connectivity index (χ1) is 7.58. The summed E-state index contributed by atoms with van der Waals surface area (Å²) in [5.74, 6) is 1.39. The number of piperidine rings is 1. The van der Waals surface area contributed by atoms with Crippen LogP contribution < -0.4 is 5.32 Å². The van der Waals surface area contributed by atoms with E-state index in [0.717, 1.165) is 25.4 Å². The molecule has 0 amide bonds. The number of aliphatic hydroxyl groups excluding tert-OH is 1. The molecule has 0 aromatic heterocycles. The van der Waals surface area contributed by atoms with Crippen molar-refractivity contribution in [1.29, 1.82) is 0 Å². The van der Waals surface area contributed by atoms with Gasteiger partial charge in [-0.25, -0.2) is 0 Å². The van der Waals surface area contributed by atoms with Gasteiger partial charge in [-0.2, -0.15) is 0 Å². The molecule has 16 heavy (non-hydrogen) atoms. The van der Waals surface area contributed by atoms with E-state index in [0.29, 0.717) is 5.92 Å². The van der Waals surface area contributed by atoms with Gasteiger partial charge in [0.2, 0.25) is 0 Å². The minimum absolute atomic E-state index is 0.175. The molecule has 1 aliphatic rings. The molecule has 96 valence electrons. The molecule has 0 bridgehead atoms. The molecule has 1 aliphatic heterocycles. The third-order valence-corrected chi connectivity index (χ3v) is 3.39. The molecule has 0 radical (unpaired) electrons. The van der Waals surface area contributed by atoms with Crippen molar-refractivity contribution >= 4 is 0 Å². The third-order valence-electron chi connectivity index (χ3n) is 3.39. The lowest BCUT2D eigenvalue weighted by molar-refractivity contribution is 0.141. The Bertz CT molecular complexity index is 177. The van der Waals surface area contributed by atoms with Crippen LogP contribution in [0.2, 0.25) is 0 Å². The molecule has 1 saturated heterocycles. The van der Waals surface area contributed by atoms with E-state index in [-0.39, 0.29) is 6.10 Å². The van der Waals surface area contributed by atoms with Crippen molar-refractivity contribution in [3.8, 4) is 0 Å². The van der Waals surface area contributed by atoms with Crippen LogP contribution >= 0.6 is 0 Å². The Morgan fingerprint density at radius 3 is 2.50 bits per heavy atom. The molecule has 1 fully saturated rings. The van der Waals surface area contributed by atoms with Gasteiger partial charge in [-0.05, 0) is 57.8 Å². The molecule has 0 aromatic carbocycles. The Labute approximate surface area is 100 Å². The topological polar surface area (TPSA) is 35.5 Å². The lowest BCUT2D eigenvalue weighted by Crippen LogP contribution is -2.37. The van der Waals surface area contributed by atoms with E-state index >= 15 is 0 Å². The molecule has 2 N–H and O–H groups in total. The van der Waals surface area contributed by atoms with Gasteiger partial charge in [-0.3, -0.25) is 0 Å². The molecule has 1 heterocycles. The molecule has 1 rings (SSSR count). The second-order valence-electron chi connectivity index (χ2n) is 5.69. The zero-order valence-electron chi connectivity index (χ0n) is 11.1. The van der Waals surface area contributed by atoms with E-state index in [4.69, 9.17) is 0 Å². The summed E-state index contributed by atoms with van der Waals surface area (Å²) in [6.45, 7) is 8.58. The summed E-state index contributed by atoms with van der Waals surface area (Å²) >= 11 is 0. The minimum Gasteiger partial charge on any atom is -0.392 e. The Kier molecular flexibility index (Phi) is 6.32. The second-order valence-corrected chi connectivity index (χ2v) is 5.69. The van der Waals surface area contributed by atoms with Crippen LogP contribution in [0.1, 0.15) is 33.1 Å². The van der Waals surface area contributed by atoms with Gasteiger partial charge in [0.1, 0.15) is 0 Å². The highest BCUT2D eigenvalue weighted by Crippen LogP contribution is 2.14. The molecule has 0 saturated carbocycles. The predicted octanol–water partition coefficient (Wildman–Crippen LogP) is 1.32. The Morgan fingerprint density at radius 2 is 1.94 bits per heavy atom. The summed E-state index contributed by atoms with van der Waals surface area (Å²) in [6.07, 6.45) is 3.32. The van der Waals surface area contributed by atoms with Gasteiger partial charge in [-0.15, -0.1) is 0 Å². The van der Waals surface area contributed by atoms with Crippen molar-refractivity contribution in [3.05, 3.63) is 0 Å². The van der Waals surface area contributed by atoms with Gasteiger partial charge in [-0.1, -0.05) is 13.8 Å². The number of hydrogen-bond donors (Lipinski definition) is 2. The number of nitrogens with one attached hydrogen (secondary N) is 1. The summed E-state index contributed by atoms with van der Waals surface area (Å²) in [4.78, 5) is 2.39. The molecule has 0 aliphatic carbocycles. The van der Waals surface area contributed by atoms with Crippen LogP contribution in [-0.2, 0) is 0 Å². The van der Waals surface area contributed by atoms with Gasteiger partial charge in [0, 0.05) is 6.54 Å². The standard InChI is InChI=1S/C13H28N2O/c1-11(2)8-13(16)10-14-9-12-4-6-15(3)7-5-12/h11-14,16H,4-10H2,1-3H3. The summed E-state index contributed by atoms with van der Waals surface area (Å²) in [6, 6.07) is 0. The normalized spacial score (nSPS) is 21.6. The first-order valence-electron chi connectivity index (χ1n) is 6.65. The zero-order valence-corrected chi connectivity index (χ0v) is 11.1. The fourth-order valence-electron chi connectivity index (χ4n) is 2.35. The van der Waals surface area contributed by atoms with E-state index in [1.165, 1.54) is 25.9 Å². The van der Waals surface area contributed by atoms with Gasteiger partial charge < -0.3 is 15.3 Å². The van der Waals surface area contributed by atoms with E-state index in [1.807, 2.05) is 0 Å². The molecule has 3 nitrogen and oxygen atoms in total. The fourth-order valence-corrected chi connectivity index (χ4v) is 2.35.